The van der Waals surface area contributed by atoms with E-state index in [2.05, 4.69) is 56.4 Å². The number of aromatic amines is 1. The standard InChI is InChI=1S/C34H45N9O3S/c1-5-46-30-22-29(42-14-11-25(12-15-42)41-19-17-40(3)18-20-41)23(2)21-28(30)37-34-38-32-26(9-13-35-32)33(39-34)36-27-8-6-7-24-10-16-43(31(24)27)47(4,44)45/h6-9,13,21-22,25H,5,10-12,14-20H2,1-4H3,(H3,35,36,37,38,39). The summed E-state index contributed by atoms with van der Waals surface area (Å²) in [5, 5.41) is 7.67. The average Bonchev–Trinajstić information content (AvgIpc) is 3.71. The van der Waals surface area contributed by atoms with Crippen LogP contribution in [0.15, 0.2) is 42.6 Å². The number of nitrogens with one attached hydrogen (secondary N) is 3. The number of aromatic nitrogens is 3. The molecule has 47 heavy (non-hydrogen) atoms. The fourth-order valence-electron chi connectivity index (χ4n) is 7.24. The van der Waals surface area contributed by atoms with Gasteiger partial charge in [-0.05, 0) is 69.5 Å². The van der Waals surface area contributed by atoms with Crippen molar-refractivity contribution in [3.05, 3.63) is 53.7 Å². The number of nitrogens with zero attached hydrogens (tertiary/aromatic N) is 6. The molecule has 7 rings (SSSR count). The van der Waals surface area contributed by atoms with E-state index in [1.165, 1.54) is 29.1 Å². The third-order valence-corrected chi connectivity index (χ3v) is 10.9. The van der Waals surface area contributed by atoms with Crippen molar-refractivity contribution in [2.45, 2.75) is 39.2 Å². The molecule has 13 heteroatoms. The minimum atomic E-state index is -3.43. The van der Waals surface area contributed by atoms with Crippen molar-refractivity contribution >= 4 is 55.6 Å². The summed E-state index contributed by atoms with van der Waals surface area (Å²) in [5.74, 6) is 1.72. The summed E-state index contributed by atoms with van der Waals surface area (Å²) in [6, 6.07) is 12.6. The summed E-state index contributed by atoms with van der Waals surface area (Å²) in [6.45, 7) is 11.8. The Morgan fingerprint density at radius 3 is 2.51 bits per heavy atom. The van der Waals surface area contributed by atoms with Crippen LogP contribution in [0.4, 0.5) is 34.5 Å². The zero-order valence-corrected chi connectivity index (χ0v) is 28.5. The van der Waals surface area contributed by atoms with Crippen LogP contribution in [-0.2, 0) is 16.4 Å². The van der Waals surface area contributed by atoms with Crippen LogP contribution >= 0.6 is 0 Å². The van der Waals surface area contributed by atoms with Crippen molar-refractivity contribution < 1.29 is 13.2 Å². The molecule has 0 spiro atoms. The molecule has 2 aromatic carbocycles. The topological polar surface area (TPSA) is 122 Å². The van der Waals surface area contributed by atoms with Gasteiger partial charge < -0.3 is 30.2 Å². The van der Waals surface area contributed by atoms with E-state index in [1.54, 1.807) is 0 Å². The highest BCUT2D eigenvalue weighted by atomic mass is 32.2. The molecule has 0 bridgehead atoms. The van der Waals surface area contributed by atoms with Gasteiger partial charge in [0.2, 0.25) is 16.0 Å². The van der Waals surface area contributed by atoms with Crippen molar-refractivity contribution in [1.82, 2.24) is 24.8 Å². The van der Waals surface area contributed by atoms with Crippen molar-refractivity contribution in [3.63, 3.8) is 0 Å². The Bertz CT molecular complexity index is 1860. The lowest BCUT2D eigenvalue weighted by molar-refractivity contribution is 0.0982. The van der Waals surface area contributed by atoms with Gasteiger partial charge in [-0.2, -0.15) is 9.97 Å². The zero-order valence-electron chi connectivity index (χ0n) is 27.7. The lowest BCUT2D eigenvalue weighted by atomic mass is 10.0. The van der Waals surface area contributed by atoms with Crippen LogP contribution in [0.3, 0.4) is 0 Å². The number of aryl methyl sites for hydroxylation is 1. The minimum Gasteiger partial charge on any atom is -0.492 e. The quantitative estimate of drug-likeness (QED) is 0.233. The van der Waals surface area contributed by atoms with Crippen molar-refractivity contribution in [2.75, 3.05) is 85.6 Å². The van der Waals surface area contributed by atoms with Crippen molar-refractivity contribution in [1.29, 1.82) is 0 Å². The molecular weight excluding hydrogens is 615 g/mol. The van der Waals surface area contributed by atoms with Crippen molar-refractivity contribution in [2.24, 2.45) is 0 Å². The van der Waals surface area contributed by atoms with E-state index >= 15 is 0 Å². The number of piperidine rings is 1. The number of para-hydroxylation sites is 1. The van der Waals surface area contributed by atoms with E-state index < -0.39 is 10.0 Å². The predicted octanol–water partition coefficient (Wildman–Crippen LogP) is 4.69. The summed E-state index contributed by atoms with van der Waals surface area (Å²) < 4.78 is 32.8. The van der Waals surface area contributed by atoms with E-state index in [0.717, 1.165) is 67.2 Å². The number of hydrogen-bond donors (Lipinski definition) is 3. The second-order valence-electron chi connectivity index (χ2n) is 12.9. The summed E-state index contributed by atoms with van der Waals surface area (Å²) in [4.78, 5) is 20.4. The average molecular weight is 660 g/mol. The third-order valence-electron chi connectivity index (χ3n) is 9.73. The summed E-state index contributed by atoms with van der Waals surface area (Å²) >= 11 is 0. The van der Waals surface area contributed by atoms with E-state index in [1.807, 2.05) is 37.4 Å². The first-order valence-electron chi connectivity index (χ1n) is 16.6. The lowest BCUT2D eigenvalue weighted by Gasteiger charge is -2.43. The van der Waals surface area contributed by atoms with Gasteiger partial charge in [0.05, 0.1) is 35.3 Å². The number of likely N-dealkylation sites (N-methyl/N-ethyl adjacent to an activating group) is 1. The molecule has 0 atom stereocenters. The van der Waals surface area contributed by atoms with Gasteiger partial charge in [-0.25, -0.2) is 8.42 Å². The van der Waals surface area contributed by atoms with Gasteiger partial charge in [-0.15, -0.1) is 0 Å². The molecule has 2 saturated heterocycles. The van der Waals surface area contributed by atoms with E-state index in [0.29, 0.717) is 54.4 Å². The number of H-pyrrole nitrogens is 1. The summed E-state index contributed by atoms with van der Waals surface area (Å²) in [7, 11) is -1.21. The molecule has 0 saturated carbocycles. The summed E-state index contributed by atoms with van der Waals surface area (Å²) in [6.07, 6.45) is 6.07. The predicted molar refractivity (Wildman–Crippen MR) is 189 cm³/mol. The summed E-state index contributed by atoms with van der Waals surface area (Å²) in [5.41, 5.74) is 6.15. The van der Waals surface area contributed by atoms with Gasteiger partial charge in [-0.3, -0.25) is 9.21 Å². The van der Waals surface area contributed by atoms with Gasteiger partial charge in [0.1, 0.15) is 17.2 Å². The molecule has 0 aliphatic carbocycles. The monoisotopic (exact) mass is 659 g/mol. The second-order valence-corrected chi connectivity index (χ2v) is 14.8. The number of rotatable bonds is 9. The fourth-order valence-corrected chi connectivity index (χ4v) is 8.21. The number of anilines is 6. The molecule has 2 fully saturated rings. The molecule has 0 unspecified atom stereocenters. The Labute approximate surface area is 277 Å². The largest absolute Gasteiger partial charge is 0.492 e. The van der Waals surface area contributed by atoms with Crippen LogP contribution in [0.1, 0.15) is 30.9 Å². The van der Waals surface area contributed by atoms with E-state index in [4.69, 9.17) is 14.7 Å². The Hall–Kier alpha value is -4.07. The second kappa shape index (κ2) is 12.9. The van der Waals surface area contributed by atoms with Crippen LogP contribution in [-0.4, -0.2) is 105 Å². The third kappa shape index (κ3) is 6.43. The number of benzene rings is 2. The molecule has 250 valence electrons. The molecule has 3 aliphatic heterocycles. The highest BCUT2D eigenvalue weighted by Gasteiger charge is 2.30. The first kappa shape index (κ1) is 31.5. The molecular formula is C34H45N9O3S. The Kier molecular flexibility index (Phi) is 8.62. The van der Waals surface area contributed by atoms with Crippen LogP contribution in [0.5, 0.6) is 5.75 Å². The molecule has 3 N–H and O–H groups in total. The van der Waals surface area contributed by atoms with Gasteiger partial charge in [0, 0.05) is 69.8 Å². The van der Waals surface area contributed by atoms with Crippen molar-refractivity contribution in [3.8, 4) is 5.75 Å². The van der Waals surface area contributed by atoms with E-state index in [-0.39, 0.29) is 0 Å². The number of ether oxygens (including phenoxy) is 1. The highest BCUT2D eigenvalue weighted by Crippen LogP contribution is 2.40. The molecule has 4 aromatic rings. The van der Waals surface area contributed by atoms with Crippen LogP contribution in [0, 0.1) is 6.92 Å². The molecule has 3 aliphatic rings. The normalized spacial score (nSPS) is 18.1. The Balaban J connectivity index is 1.14. The lowest BCUT2D eigenvalue weighted by Crippen LogP contribution is -2.52. The maximum atomic E-state index is 12.6. The molecule has 5 heterocycles. The smallest absolute Gasteiger partial charge is 0.232 e. The minimum absolute atomic E-state index is 0.399. The number of hydrogen-bond acceptors (Lipinski definition) is 10. The van der Waals surface area contributed by atoms with Gasteiger partial charge >= 0.3 is 0 Å². The Morgan fingerprint density at radius 2 is 1.77 bits per heavy atom. The molecule has 0 radical (unpaired) electrons. The fraction of sp³-hybridized carbons (Fsp3) is 0.471. The zero-order chi connectivity index (χ0) is 32.7. The first-order valence-corrected chi connectivity index (χ1v) is 18.5. The van der Waals surface area contributed by atoms with E-state index in [9.17, 15) is 8.42 Å². The van der Waals surface area contributed by atoms with Gasteiger partial charge in [0.25, 0.3) is 0 Å². The molecule has 2 aromatic heterocycles. The maximum absolute atomic E-state index is 12.6. The van der Waals surface area contributed by atoms with Crippen LogP contribution in [0.25, 0.3) is 11.0 Å². The Morgan fingerprint density at radius 1 is 0.979 bits per heavy atom. The molecule has 12 nitrogen and oxygen atoms in total. The van der Waals surface area contributed by atoms with Crippen LogP contribution < -0.4 is 24.6 Å². The highest BCUT2D eigenvalue weighted by molar-refractivity contribution is 7.92. The van der Waals surface area contributed by atoms with Gasteiger partial charge in [0.15, 0.2) is 0 Å². The van der Waals surface area contributed by atoms with Crippen LogP contribution in [0.2, 0.25) is 0 Å². The number of piperazine rings is 1. The number of fused-ring (bicyclic) bond motifs is 2. The SMILES string of the molecule is CCOc1cc(N2CCC(N3CCN(C)CC3)CC2)c(C)cc1Nc1nc(Nc2cccc3c2N(S(C)(=O)=O)CC3)c2cc[nH]c2n1. The number of sulfonamides is 1. The maximum Gasteiger partial charge on any atom is 0.232 e. The van der Waals surface area contributed by atoms with Gasteiger partial charge in [-0.1, -0.05) is 12.1 Å². The first-order chi connectivity index (χ1) is 22.7. The molecule has 0 amide bonds.